The third kappa shape index (κ3) is 4.43. The largest absolute Gasteiger partial charge is 0.498 e. The van der Waals surface area contributed by atoms with Crippen LogP contribution in [0, 0.1) is 23.2 Å². The van der Waals surface area contributed by atoms with Gasteiger partial charge in [-0.2, -0.15) is 0 Å². The molecule has 2 aliphatic rings. The van der Waals surface area contributed by atoms with Crippen molar-refractivity contribution in [2.24, 2.45) is 11.3 Å². The van der Waals surface area contributed by atoms with Crippen LogP contribution in [-0.2, 0) is 14.0 Å². The fraction of sp³-hybridized carbons (Fsp3) is 0.619. The summed E-state index contributed by atoms with van der Waals surface area (Å²) >= 11 is 0. The topological polar surface area (TPSA) is 36.9 Å². The van der Waals surface area contributed by atoms with Gasteiger partial charge in [0.1, 0.15) is 5.75 Å². The van der Waals surface area contributed by atoms with E-state index in [4.69, 9.17) is 18.8 Å². The van der Waals surface area contributed by atoms with Gasteiger partial charge in [-0.1, -0.05) is 31.8 Å². The van der Waals surface area contributed by atoms with E-state index in [1.54, 1.807) is 0 Å². The first-order valence-electron chi connectivity index (χ1n) is 9.48. The Bertz CT molecular complexity index is 698. The summed E-state index contributed by atoms with van der Waals surface area (Å²) in [6.07, 6.45) is 2.43. The number of benzene rings is 1. The van der Waals surface area contributed by atoms with Gasteiger partial charge in [-0.15, -0.1) is 0 Å². The zero-order chi connectivity index (χ0) is 18.8. The minimum atomic E-state index is -0.458. The van der Waals surface area contributed by atoms with E-state index in [9.17, 15) is 0 Å². The first-order chi connectivity index (χ1) is 12.3. The van der Waals surface area contributed by atoms with Crippen LogP contribution in [-0.4, -0.2) is 32.7 Å². The Balaban J connectivity index is 1.83. The molecule has 0 aromatic heterocycles. The van der Waals surface area contributed by atoms with Crippen LogP contribution in [0.4, 0.5) is 0 Å². The maximum atomic E-state index is 6.29. The number of hydrogen-bond donors (Lipinski definition) is 0. The standard InChI is InChI=1S/C21H29BO4/c1-6-23-15-24-19-13-17(10-9-16-7-8-16)11-12-18(19)22-25-14-20(2,3)21(4,5)26-22/h11-13,16H,6-8,14-15H2,1-5H3. The summed E-state index contributed by atoms with van der Waals surface area (Å²) in [5.41, 5.74) is 1.45. The van der Waals surface area contributed by atoms with E-state index in [1.807, 2.05) is 25.1 Å². The van der Waals surface area contributed by atoms with E-state index in [1.165, 1.54) is 12.8 Å². The van der Waals surface area contributed by atoms with Gasteiger partial charge in [0, 0.05) is 35.6 Å². The lowest BCUT2D eigenvalue weighted by molar-refractivity contribution is -0.0939. The first-order valence-corrected chi connectivity index (χ1v) is 9.48. The zero-order valence-corrected chi connectivity index (χ0v) is 16.6. The Kier molecular flexibility index (Phi) is 5.67. The minimum absolute atomic E-state index is 0.0640. The average molecular weight is 356 g/mol. The lowest BCUT2D eigenvalue weighted by Gasteiger charge is -2.47. The van der Waals surface area contributed by atoms with Crippen molar-refractivity contribution in [2.45, 2.75) is 53.1 Å². The summed E-state index contributed by atoms with van der Waals surface area (Å²) in [6, 6.07) is 5.97. The number of rotatable bonds is 5. The molecular formula is C21H29BO4. The fourth-order valence-corrected chi connectivity index (χ4v) is 2.61. The Morgan fingerprint density at radius 3 is 2.65 bits per heavy atom. The highest BCUT2D eigenvalue weighted by molar-refractivity contribution is 6.62. The van der Waals surface area contributed by atoms with Crippen LogP contribution in [0.1, 0.15) is 53.0 Å². The van der Waals surface area contributed by atoms with Crippen molar-refractivity contribution in [3.63, 3.8) is 0 Å². The molecule has 0 N–H and O–H groups in total. The third-order valence-corrected chi connectivity index (χ3v) is 5.39. The van der Waals surface area contributed by atoms with Crippen molar-refractivity contribution in [2.75, 3.05) is 20.0 Å². The van der Waals surface area contributed by atoms with Crippen LogP contribution >= 0.6 is 0 Å². The second-order valence-electron chi connectivity index (χ2n) is 8.21. The molecule has 0 amide bonds. The highest BCUT2D eigenvalue weighted by Gasteiger charge is 2.47. The SMILES string of the molecule is CCOCOc1cc(C#CC2CC2)ccc1B1OCC(C)(C)C(C)(C)O1. The minimum Gasteiger partial charge on any atom is -0.468 e. The van der Waals surface area contributed by atoms with Crippen molar-refractivity contribution < 1.29 is 18.8 Å². The quantitative estimate of drug-likeness (QED) is 0.351. The highest BCUT2D eigenvalue weighted by Crippen LogP contribution is 2.38. The lowest BCUT2D eigenvalue weighted by atomic mass is 9.68. The Hall–Kier alpha value is -1.48. The van der Waals surface area contributed by atoms with Gasteiger partial charge in [0.25, 0.3) is 0 Å². The first kappa shape index (κ1) is 19.3. The zero-order valence-electron chi connectivity index (χ0n) is 16.6. The number of hydrogen-bond acceptors (Lipinski definition) is 4. The Morgan fingerprint density at radius 2 is 2.00 bits per heavy atom. The van der Waals surface area contributed by atoms with Crippen LogP contribution < -0.4 is 10.2 Å². The molecule has 26 heavy (non-hydrogen) atoms. The molecule has 140 valence electrons. The maximum Gasteiger partial charge on any atom is 0.498 e. The van der Waals surface area contributed by atoms with Crippen LogP contribution in [0.5, 0.6) is 5.75 Å². The van der Waals surface area contributed by atoms with Gasteiger partial charge >= 0.3 is 7.12 Å². The van der Waals surface area contributed by atoms with Crippen LogP contribution in [0.25, 0.3) is 0 Å². The molecule has 2 fully saturated rings. The van der Waals surface area contributed by atoms with E-state index >= 15 is 0 Å². The summed E-state index contributed by atoms with van der Waals surface area (Å²) in [6.45, 7) is 11.9. The van der Waals surface area contributed by atoms with Crippen molar-refractivity contribution in [3.05, 3.63) is 23.8 Å². The maximum absolute atomic E-state index is 6.29. The van der Waals surface area contributed by atoms with Crippen LogP contribution in [0.2, 0.25) is 0 Å². The second kappa shape index (κ2) is 7.64. The van der Waals surface area contributed by atoms with E-state index < -0.39 is 7.12 Å². The molecule has 1 aromatic rings. The second-order valence-corrected chi connectivity index (χ2v) is 8.21. The Morgan fingerprint density at radius 1 is 1.23 bits per heavy atom. The Labute approximate surface area is 157 Å². The van der Waals surface area contributed by atoms with Gasteiger partial charge < -0.3 is 18.8 Å². The van der Waals surface area contributed by atoms with E-state index in [2.05, 4.69) is 39.5 Å². The molecule has 5 heteroatoms. The smallest absolute Gasteiger partial charge is 0.468 e. The summed E-state index contributed by atoms with van der Waals surface area (Å²) in [5, 5.41) is 0. The van der Waals surface area contributed by atoms with Gasteiger partial charge in [-0.25, -0.2) is 0 Å². The molecule has 1 saturated heterocycles. The fourth-order valence-electron chi connectivity index (χ4n) is 2.61. The molecule has 3 rings (SSSR count). The van der Waals surface area contributed by atoms with E-state index in [0.717, 1.165) is 11.0 Å². The van der Waals surface area contributed by atoms with Crippen molar-refractivity contribution in [3.8, 4) is 17.6 Å². The monoisotopic (exact) mass is 356 g/mol. The molecule has 1 aliphatic heterocycles. The predicted molar refractivity (Wildman–Crippen MR) is 103 cm³/mol. The molecule has 0 spiro atoms. The van der Waals surface area contributed by atoms with E-state index in [0.29, 0.717) is 24.9 Å². The normalized spacial score (nSPS) is 21.0. The third-order valence-electron chi connectivity index (χ3n) is 5.39. The molecular weight excluding hydrogens is 327 g/mol. The molecule has 0 unspecified atom stereocenters. The van der Waals surface area contributed by atoms with E-state index in [-0.39, 0.29) is 17.8 Å². The molecule has 1 saturated carbocycles. The van der Waals surface area contributed by atoms with Gasteiger partial charge in [0.2, 0.25) is 0 Å². The molecule has 1 heterocycles. The summed E-state index contributed by atoms with van der Waals surface area (Å²) in [5.74, 6) is 7.81. The molecule has 0 radical (unpaired) electrons. The van der Waals surface area contributed by atoms with Crippen LogP contribution in [0.15, 0.2) is 18.2 Å². The molecule has 1 aromatic carbocycles. The van der Waals surface area contributed by atoms with Gasteiger partial charge in [0.15, 0.2) is 6.79 Å². The van der Waals surface area contributed by atoms with Crippen molar-refractivity contribution in [1.29, 1.82) is 0 Å². The average Bonchev–Trinajstić information content (AvgIpc) is 3.40. The van der Waals surface area contributed by atoms with Crippen LogP contribution in [0.3, 0.4) is 0 Å². The summed E-state index contributed by atoms with van der Waals surface area (Å²) in [4.78, 5) is 0. The van der Waals surface area contributed by atoms with Gasteiger partial charge in [-0.3, -0.25) is 0 Å². The predicted octanol–water partition coefficient (Wildman–Crippen LogP) is 3.37. The number of ether oxygens (including phenoxy) is 2. The lowest BCUT2D eigenvalue weighted by Crippen LogP contribution is -2.58. The van der Waals surface area contributed by atoms with Gasteiger partial charge in [0.05, 0.1) is 5.60 Å². The van der Waals surface area contributed by atoms with Gasteiger partial charge in [-0.05, 0) is 45.7 Å². The summed E-state index contributed by atoms with van der Waals surface area (Å²) < 4.78 is 23.5. The van der Waals surface area contributed by atoms with Crippen molar-refractivity contribution in [1.82, 2.24) is 0 Å². The highest BCUT2D eigenvalue weighted by atomic mass is 16.7. The molecule has 4 nitrogen and oxygen atoms in total. The molecule has 0 bridgehead atoms. The van der Waals surface area contributed by atoms with Crippen molar-refractivity contribution >= 4 is 12.6 Å². The molecule has 0 atom stereocenters. The molecule has 1 aliphatic carbocycles. The summed E-state index contributed by atoms with van der Waals surface area (Å²) in [7, 11) is -0.458.